The number of nitrogens with zero attached hydrogens (tertiary/aromatic N) is 2. The van der Waals surface area contributed by atoms with Crippen LogP contribution in [0.1, 0.15) is 17.8 Å². The molecule has 0 N–H and O–H groups in total. The number of ether oxygens (including phenoxy) is 1. The molecule has 0 saturated carbocycles. The average Bonchev–Trinajstić information content (AvgIpc) is 3.48. The van der Waals surface area contributed by atoms with Crippen molar-refractivity contribution in [1.82, 2.24) is 0 Å². The molecule has 3 aromatic rings. The molecule has 3 atom stereocenters. The maximum atomic E-state index is 13.5. The highest BCUT2D eigenvalue weighted by Gasteiger charge is 2.60. The fourth-order valence-electron chi connectivity index (χ4n) is 4.07. The van der Waals surface area contributed by atoms with E-state index in [1.54, 1.807) is 40.7 Å². The van der Waals surface area contributed by atoms with Gasteiger partial charge in [-0.25, -0.2) is 9.96 Å². The quantitative estimate of drug-likeness (QED) is 0.579. The maximum Gasteiger partial charge on any atom is 0.266 e. The molecule has 0 spiro atoms. The Morgan fingerprint density at radius 3 is 2.37 bits per heavy atom. The van der Waals surface area contributed by atoms with Crippen LogP contribution in [0.3, 0.4) is 0 Å². The number of benzene rings is 2. The van der Waals surface area contributed by atoms with E-state index < -0.39 is 12.0 Å². The summed E-state index contributed by atoms with van der Waals surface area (Å²) in [5, 5.41) is 3.68. The Bertz CT molecular complexity index is 1050. The number of rotatable bonds is 5. The van der Waals surface area contributed by atoms with E-state index in [2.05, 4.69) is 0 Å². The van der Waals surface area contributed by atoms with Crippen molar-refractivity contribution in [2.24, 2.45) is 5.92 Å². The Morgan fingerprint density at radius 2 is 1.70 bits per heavy atom. The third kappa shape index (κ3) is 2.98. The first kappa shape index (κ1) is 18.8. The first-order valence-corrected chi connectivity index (χ1v) is 10.7. The molecule has 0 radical (unpaired) electrons. The zero-order chi connectivity index (χ0) is 20.7. The van der Waals surface area contributed by atoms with Gasteiger partial charge in [0.05, 0.1) is 18.0 Å². The zero-order valence-corrected chi connectivity index (χ0v) is 17.1. The lowest BCUT2D eigenvalue weighted by atomic mass is 9.95. The number of hydrogen-bond donors (Lipinski definition) is 0. The van der Waals surface area contributed by atoms with Crippen molar-refractivity contribution in [3.8, 4) is 5.75 Å². The Kier molecular flexibility index (Phi) is 4.77. The van der Waals surface area contributed by atoms with Crippen molar-refractivity contribution in [2.45, 2.75) is 19.1 Å². The number of hydrogen-bond acceptors (Lipinski definition) is 6. The van der Waals surface area contributed by atoms with Crippen LogP contribution >= 0.6 is 11.3 Å². The second-order valence-electron chi connectivity index (χ2n) is 7.11. The lowest BCUT2D eigenvalue weighted by Crippen LogP contribution is -2.37. The summed E-state index contributed by atoms with van der Waals surface area (Å²) in [6.07, 6.45) is -0.851. The molecule has 0 bridgehead atoms. The minimum Gasteiger partial charge on any atom is -0.494 e. The van der Waals surface area contributed by atoms with E-state index in [-0.39, 0.29) is 17.9 Å². The molecule has 152 valence electrons. The van der Waals surface area contributed by atoms with Gasteiger partial charge in [0.1, 0.15) is 17.7 Å². The standard InChI is InChI=1S/C23H20N2O4S/c1-2-28-17-12-10-15(11-13-17)24-22(26)19-20(18-9-6-14-30-18)25(29-21(19)23(24)27)16-7-4-3-5-8-16/h3-14,19-21H,2H2,1H3/t19-,20-,21-/m0/s1. The van der Waals surface area contributed by atoms with Gasteiger partial charge in [0, 0.05) is 4.88 Å². The molecule has 1 aromatic heterocycles. The van der Waals surface area contributed by atoms with E-state index in [4.69, 9.17) is 9.57 Å². The molecule has 5 rings (SSSR count). The summed E-state index contributed by atoms with van der Waals surface area (Å²) in [6.45, 7) is 2.46. The van der Waals surface area contributed by atoms with E-state index >= 15 is 0 Å². The summed E-state index contributed by atoms with van der Waals surface area (Å²) in [6, 6.07) is 20.1. The Balaban J connectivity index is 1.51. The maximum absolute atomic E-state index is 13.5. The van der Waals surface area contributed by atoms with E-state index in [0.717, 1.165) is 10.6 Å². The van der Waals surface area contributed by atoms with Crippen molar-refractivity contribution in [1.29, 1.82) is 0 Å². The molecule has 2 aliphatic rings. The van der Waals surface area contributed by atoms with Crippen LogP contribution in [0.15, 0.2) is 72.1 Å². The monoisotopic (exact) mass is 420 g/mol. The minimum absolute atomic E-state index is 0.244. The van der Waals surface area contributed by atoms with E-state index in [1.807, 2.05) is 54.8 Å². The molecule has 2 aliphatic heterocycles. The molecule has 2 aromatic carbocycles. The summed E-state index contributed by atoms with van der Waals surface area (Å²) < 4.78 is 5.46. The van der Waals surface area contributed by atoms with Crippen molar-refractivity contribution < 1.29 is 19.2 Å². The molecule has 0 aliphatic carbocycles. The molecule has 30 heavy (non-hydrogen) atoms. The second kappa shape index (κ2) is 7.59. The second-order valence-corrected chi connectivity index (χ2v) is 8.09. The van der Waals surface area contributed by atoms with E-state index in [0.29, 0.717) is 18.0 Å². The smallest absolute Gasteiger partial charge is 0.266 e. The number of carbonyl (C=O) groups is 2. The molecule has 2 amide bonds. The van der Waals surface area contributed by atoms with Gasteiger partial charge < -0.3 is 4.74 Å². The van der Waals surface area contributed by atoms with Crippen molar-refractivity contribution in [3.63, 3.8) is 0 Å². The fourth-order valence-corrected chi connectivity index (χ4v) is 4.93. The van der Waals surface area contributed by atoms with E-state index in [9.17, 15) is 9.59 Å². The highest BCUT2D eigenvalue weighted by Crippen LogP contribution is 2.48. The van der Waals surface area contributed by atoms with Crippen LogP contribution in [0.4, 0.5) is 11.4 Å². The molecule has 0 unspecified atom stereocenters. The molecular weight excluding hydrogens is 400 g/mol. The number of para-hydroxylation sites is 1. The van der Waals surface area contributed by atoms with Crippen LogP contribution in [0.5, 0.6) is 5.75 Å². The summed E-state index contributed by atoms with van der Waals surface area (Å²) in [4.78, 5) is 35.0. The van der Waals surface area contributed by atoms with Gasteiger partial charge in [0.25, 0.3) is 5.91 Å². The topological polar surface area (TPSA) is 59.1 Å². The third-order valence-electron chi connectivity index (χ3n) is 5.37. The Morgan fingerprint density at radius 1 is 0.933 bits per heavy atom. The van der Waals surface area contributed by atoms with Crippen LogP contribution in [0, 0.1) is 5.92 Å². The number of thiophene rings is 1. The van der Waals surface area contributed by atoms with Crippen LogP contribution in [-0.2, 0) is 14.4 Å². The van der Waals surface area contributed by atoms with Crippen molar-refractivity contribution in [3.05, 3.63) is 77.0 Å². The van der Waals surface area contributed by atoms with Gasteiger partial charge in [-0.1, -0.05) is 24.3 Å². The first-order chi connectivity index (χ1) is 14.7. The number of amides is 2. The molecule has 7 heteroatoms. The molecule has 2 fully saturated rings. The highest BCUT2D eigenvalue weighted by atomic mass is 32.1. The average molecular weight is 420 g/mol. The normalized spacial score (nSPS) is 23.2. The molecule has 3 heterocycles. The van der Waals surface area contributed by atoms with Gasteiger partial charge in [-0.3, -0.25) is 14.4 Å². The van der Waals surface area contributed by atoms with E-state index in [1.165, 1.54) is 4.90 Å². The SMILES string of the molecule is CCOc1ccc(N2C(=O)[C@@H]3[C@H](ON(c4ccccc4)[C@H]3c3cccs3)C2=O)cc1. The molecular formula is C23H20N2O4S. The van der Waals surface area contributed by atoms with Crippen LogP contribution < -0.4 is 14.7 Å². The number of imide groups is 1. The predicted octanol–water partition coefficient (Wildman–Crippen LogP) is 4.20. The predicted molar refractivity (Wildman–Crippen MR) is 114 cm³/mol. The number of anilines is 2. The van der Waals surface area contributed by atoms with Crippen LogP contribution in [0.2, 0.25) is 0 Å². The highest BCUT2D eigenvalue weighted by molar-refractivity contribution is 7.10. The van der Waals surface area contributed by atoms with Crippen molar-refractivity contribution >= 4 is 34.5 Å². The Hall–Kier alpha value is -3.16. The van der Waals surface area contributed by atoms with Gasteiger partial charge in [-0.05, 0) is 54.8 Å². The van der Waals surface area contributed by atoms with Gasteiger partial charge in [0.15, 0.2) is 6.10 Å². The van der Waals surface area contributed by atoms with Crippen molar-refractivity contribution in [2.75, 3.05) is 16.6 Å². The number of fused-ring (bicyclic) bond motifs is 1. The lowest BCUT2D eigenvalue weighted by Gasteiger charge is -2.27. The number of carbonyl (C=O) groups excluding carboxylic acids is 2. The summed E-state index contributed by atoms with van der Waals surface area (Å²) in [5.74, 6) is -0.494. The summed E-state index contributed by atoms with van der Waals surface area (Å²) in [5.41, 5.74) is 1.35. The molecule has 2 saturated heterocycles. The fraction of sp³-hybridized carbons (Fsp3) is 0.217. The van der Waals surface area contributed by atoms with Gasteiger partial charge in [-0.2, -0.15) is 0 Å². The van der Waals surface area contributed by atoms with Gasteiger partial charge in [0.2, 0.25) is 5.91 Å². The lowest BCUT2D eigenvalue weighted by molar-refractivity contribution is -0.126. The number of hydroxylamine groups is 1. The van der Waals surface area contributed by atoms with Crippen LogP contribution in [-0.4, -0.2) is 24.5 Å². The zero-order valence-electron chi connectivity index (χ0n) is 16.3. The van der Waals surface area contributed by atoms with Gasteiger partial charge >= 0.3 is 0 Å². The summed E-state index contributed by atoms with van der Waals surface area (Å²) in [7, 11) is 0. The van der Waals surface area contributed by atoms with Crippen LogP contribution in [0.25, 0.3) is 0 Å². The van der Waals surface area contributed by atoms with Gasteiger partial charge in [-0.15, -0.1) is 11.3 Å². The molecule has 6 nitrogen and oxygen atoms in total. The first-order valence-electron chi connectivity index (χ1n) is 9.84. The minimum atomic E-state index is -0.851. The third-order valence-corrected chi connectivity index (χ3v) is 6.31. The Labute approximate surface area is 178 Å². The largest absolute Gasteiger partial charge is 0.494 e. The summed E-state index contributed by atoms with van der Waals surface area (Å²) >= 11 is 1.56.